The molecule has 0 spiro atoms. The van der Waals surface area contributed by atoms with Crippen LogP contribution in [0.3, 0.4) is 0 Å². The number of hydrogen-bond donors (Lipinski definition) is 3. The molecule has 2 rings (SSSR count). The number of H-pyrrole nitrogens is 1. The van der Waals surface area contributed by atoms with Crippen molar-refractivity contribution >= 4 is 22.8 Å². The van der Waals surface area contributed by atoms with Gasteiger partial charge in [-0.05, 0) is 25.1 Å². The largest absolute Gasteiger partial charge is 0.481 e. The molecule has 0 bridgehead atoms. The van der Waals surface area contributed by atoms with E-state index in [0.717, 1.165) is 0 Å². The lowest BCUT2D eigenvalue weighted by Gasteiger charge is -2.03. The first-order valence-corrected chi connectivity index (χ1v) is 5.77. The maximum Gasteiger partial charge on any atom is 0.305 e. The SMILES string of the molecule is Cc1[nH]c2cc(F)ccc2c1C(=O)NCCC(=O)O. The number of benzene rings is 1. The highest BCUT2D eigenvalue weighted by Gasteiger charge is 2.16. The highest BCUT2D eigenvalue weighted by atomic mass is 19.1. The zero-order valence-electron chi connectivity index (χ0n) is 10.3. The lowest BCUT2D eigenvalue weighted by atomic mass is 10.1. The molecule has 1 heterocycles. The average molecular weight is 264 g/mol. The summed E-state index contributed by atoms with van der Waals surface area (Å²) >= 11 is 0. The van der Waals surface area contributed by atoms with E-state index in [0.29, 0.717) is 22.2 Å². The summed E-state index contributed by atoms with van der Waals surface area (Å²) in [5.41, 5.74) is 1.58. The van der Waals surface area contributed by atoms with Crippen LogP contribution in [0.1, 0.15) is 22.5 Å². The molecule has 1 aromatic carbocycles. The van der Waals surface area contributed by atoms with Crippen LogP contribution in [0.5, 0.6) is 0 Å². The number of carboxylic acid groups (broad SMARTS) is 1. The number of carbonyl (C=O) groups is 2. The normalized spacial score (nSPS) is 10.6. The molecule has 0 aliphatic carbocycles. The lowest BCUT2D eigenvalue weighted by molar-refractivity contribution is -0.136. The van der Waals surface area contributed by atoms with Crippen molar-refractivity contribution in [3.8, 4) is 0 Å². The number of carbonyl (C=O) groups excluding carboxylic acids is 1. The van der Waals surface area contributed by atoms with Gasteiger partial charge in [-0.15, -0.1) is 0 Å². The Morgan fingerprint density at radius 2 is 2.16 bits per heavy atom. The third-order valence-corrected chi connectivity index (χ3v) is 2.80. The van der Waals surface area contributed by atoms with E-state index >= 15 is 0 Å². The number of rotatable bonds is 4. The minimum Gasteiger partial charge on any atom is -0.481 e. The number of amides is 1. The Kier molecular flexibility index (Phi) is 3.50. The first kappa shape index (κ1) is 13.1. The minimum absolute atomic E-state index is 0.0570. The van der Waals surface area contributed by atoms with Gasteiger partial charge in [0.1, 0.15) is 5.82 Å². The number of fused-ring (bicyclic) bond motifs is 1. The van der Waals surface area contributed by atoms with Crippen molar-refractivity contribution in [3.05, 3.63) is 35.3 Å². The van der Waals surface area contributed by atoms with Gasteiger partial charge in [0.2, 0.25) is 0 Å². The van der Waals surface area contributed by atoms with Crippen LogP contribution in [0.25, 0.3) is 10.9 Å². The molecule has 19 heavy (non-hydrogen) atoms. The highest BCUT2D eigenvalue weighted by Crippen LogP contribution is 2.22. The third kappa shape index (κ3) is 2.73. The second kappa shape index (κ2) is 5.09. The van der Waals surface area contributed by atoms with E-state index in [1.165, 1.54) is 18.2 Å². The van der Waals surface area contributed by atoms with Crippen LogP contribution in [-0.4, -0.2) is 28.5 Å². The van der Waals surface area contributed by atoms with Gasteiger partial charge in [0.25, 0.3) is 5.91 Å². The van der Waals surface area contributed by atoms with Crippen molar-refractivity contribution in [2.75, 3.05) is 6.54 Å². The van der Waals surface area contributed by atoms with Crippen molar-refractivity contribution in [3.63, 3.8) is 0 Å². The van der Waals surface area contributed by atoms with Gasteiger partial charge in [0, 0.05) is 23.1 Å². The molecule has 1 amide bonds. The van der Waals surface area contributed by atoms with E-state index in [-0.39, 0.29) is 24.7 Å². The molecule has 2 aromatic rings. The molecular weight excluding hydrogens is 251 g/mol. The van der Waals surface area contributed by atoms with Gasteiger partial charge in [-0.2, -0.15) is 0 Å². The van der Waals surface area contributed by atoms with Gasteiger partial charge >= 0.3 is 5.97 Å². The van der Waals surface area contributed by atoms with Crippen molar-refractivity contribution in [2.45, 2.75) is 13.3 Å². The standard InChI is InChI=1S/C13H13FN2O3/c1-7-12(13(19)15-5-4-11(17)18)9-3-2-8(14)6-10(9)16-7/h2-3,6,16H,4-5H2,1H3,(H,15,19)(H,17,18). The summed E-state index contributed by atoms with van der Waals surface area (Å²) in [6.07, 6.45) is -0.137. The van der Waals surface area contributed by atoms with Crippen LogP contribution in [0.4, 0.5) is 4.39 Å². The van der Waals surface area contributed by atoms with E-state index in [1.807, 2.05) is 0 Å². The summed E-state index contributed by atoms with van der Waals surface area (Å²) in [6.45, 7) is 1.77. The number of aromatic nitrogens is 1. The fourth-order valence-corrected chi connectivity index (χ4v) is 1.97. The molecule has 0 saturated heterocycles. The molecule has 0 radical (unpaired) electrons. The number of aromatic amines is 1. The lowest BCUT2D eigenvalue weighted by Crippen LogP contribution is -2.26. The minimum atomic E-state index is -0.974. The molecule has 0 unspecified atom stereocenters. The predicted molar refractivity (Wildman–Crippen MR) is 67.6 cm³/mol. The molecule has 0 aliphatic rings. The van der Waals surface area contributed by atoms with Crippen LogP contribution in [-0.2, 0) is 4.79 Å². The summed E-state index contributed by atoms with van der Waals surface area (Å²) in [4.78, 5) is 25.3. The Bertz CT molecular complexity index is 649. The summed E-state index contributed by atoms with van der Waals surface area (Å²) in [5.74, 6) is -1.72. The van der Waals surface area contributed by atoms with Crippen LogP contribution in [0.15, 0.2) is 18.2 Å². The molecule has 0 saturated carbocycles. The van der Waals surface area contributed by atoms with Gasteiger partial charge in [-0.1, -0.05) is 0 Å². The third-order valence-electron chi connectivity index (χ3n) is 2.80. The van der Waals surface area contributed by atoms with E-state index < -0.39 is 5.97 Å². The number of carboxylic acids is 1. The van der Waals surface area contributed by atoms with Crippen LogP contribution < -0.4 is 5.32 Å². The van der Waals surface area contributed by atoms with Gasteiger partial charge in [0.15, 0.2) is 0 Å². The first-order chi connectivity index (χ1) is 8.99. The second-order valence-electron chi connectivity index (χ2n) is 4.21. The molecule has 0 atom stereocenters. The van der Waals surface area contributed by atoms with Crippen LogP contribution in [0, 0.1) is 12.7 Å². The topological polar surface area (TPSA) is 82.2 Å². The van der Waals surface area contributed by atoms with Crippen molar-refractivity contribution in [2.24, 2.45) is 0 Å². The fourth-order valence-electron chi connectivity index (χ4n) is 1.97. The Hall–Kier alpha value is -2.37. The van der Waals surface area contributed by atoms with Crippen LogP contribution >= 0.6 is 0 Å². The second-order valence-corrected chi connectivity index (χ2v) is 4.21. The summed E-state index contributed by atoms with van der Waals surface area (Å²) in [6, 6.07) is 4.13. The summed E-state index contributed by atoms with van der Waals surface area (Å²) < 4.78 is 13.1. The van der Waals surface area contributed by atoms with E-state index in [4.69, 9.17) is 5.11 Å². The number of hydrogen-bond acceptors (Lipinski definition) is 2. The summed E-state index contributed by atoms with van der Waals surface area (Å²) in [7, 11) is 0. The van der Waals surface area contributed by atoms with E-state index in [9.17, 15) is 14.0 Å². The number of nitrogens with one attached hydrogen (secondary N) is 2. The van der Waals surface area contributed by atoms with Gasteiger partial charge in [-0.25, -0.2) is 4.39 Å². The van der Waals surface area contributed by atoms with E-state index in [1.54, 1.807) is 6.92 Å². The maximum atomic E-state index is 13.1. The molecule has 1 aromatic heterocycles. The average Bonchev–Trinajstić information content (AvgIpc) is 2.63. The Labute approximate surface area is 108 Å². The quantitative estimate of drug-likeness (QED) is 0.787. The number of aliphatic carboxylic acids is 1. The first-order valence-electron chi connectivity index (χ1n) is 5.77. The maximum absolute atomic E-state index is 13.1. The van der Waals surface area contributed by atoms with E-state index in [2.05, 4.69) is 10.3 Å². The molecule has 0 fully saturated rings. The van der Waals surface area contributed by atoms with Gasteiger partial charge in [0.05, 0.1) is 12.0 Å². The smallest absolute Gasteiger partial charge is 0.305 e. The van der Waals surface area contributed by atoms with Crippen molar-refractivity contribution in [1.29, 1.82) is 0 Å². The molecular formula is C13H13FN2O3. The molecule has 3 N–H and O–H groups in total. The molecule has 100 valence electrons. The van der Waals surface area contributed by atoms with Gasteiger partial charge < -0.3 is 15.4 Å². The highest BCUT2D eigenvalue weighted by molar-refractivity contribution is 6.08. The Morgan fingerprint density at radius 1 is 1.42 bits per heavy atom. The Morgan fingerprint density at radius 3 is 2.84 bits per heavy atom. The molecule has 6 heteroatoms. The Balaban J connectivity index is 2.26. The molecule has 5 nitrogen and oxygen atoms in total. The molecule has 0 aliphatic heterocycles. The number of halogens is 1. The van der Waals surface area contributed by atoms with Gasteiger partial charge in [-0.3, -0.25) is 9.59 Å². The predicted octanol–water partition coefficient (Wildman–Crippen LogP) is 1.82. The van der Waals surface area contributed by atoms with Crippen molar-refractivity contribution in [1.82, 2.24) is 10.3 Å². The zero-order chi connectivity index (χ0) is 14.0. The van der Waals surface area contributed by atoms with Crippen molar-refractivity contribution < 1.29 is 19.1 Å². The number of aryl methyl sites for hydroxylation is 1. The monoisotopic (exact) mass is 264 g/mol. The summed E-state index contributed by atoms with van der Waals surface area (Å²) in [5, 5.41) is 11.7. The fraction of sp³-hybridized carbons (Fsp3) is 0.231. The zero-order valence-corrected chi connectivity index (χ0v) is 10.3. The van der Waals surface area contributed by atoms with Crippen LogP contribution in [0.2, 0.25) is 0 Å².